The fourth-order valence-corrected chi connectivity index (χ4v) is 7.50. The van der Waals surface area contributed by atoms with Gasteiger partial charge in [-0.05, 0) is 74.5 Å². The van der Waals surface area contributed by atoms with E-state index in [2.05, 4.69) is 17.6 Å². The molecule has 3 N–H and O–H groups in total. The summed E-state index contributed by atoms with van der Waals surface area (Å²) in [4.78, 5) is 50.7. The van der Waals surface area contributed by atoms with E-state index >= 15 is 0 Å². The molecule has 2 bridgehead atoms. The van der Waals surface area contributed by atoms with E-state index in [1.165, 1.54) is 0 Å². The minimum absolute atomic E-state index is 0.0237. The third-order valence-electron chi connectivity index (χ3n) is 9.91. The summed E-state index contributed by atoms with van der Waals surface area (Å²) in [6.07, 6.45) is 2.77. The Morgan fingerprint density at radius 2 is 1.80 bits per heavy atom. The quantitative estimate of drug-likeness (QED) is 0.247. The van der Waals surface area contributed by atoms with Crippen LogP contribution in [0.5, 0.6) is 5.75 Å². The number of phenolic OH excluding ortho intramolecular Hbond substituents is 1. The van der Waals surface area contributed by atoms with Crippen molar-refractivity contribution in [1.29, 1.82) is 0 Å². The van der Waals surface area contributed by atoms with Gasteiger partial charge in [0.2, 0.25) is 23.9 Å². The van der Waals surface area contributed by atoms with Crippen molar-refractivity contribution in [3.63, 3.8) is 0 Å². The molecule has 2 amide bonds. The maximum Gasteiger partial charge on any atom is 0.308 e. The number of benzene rings is 1. The van der Waals surface area contributed by atoms with Gasteiger partial charge in [-0.1, -0.05) is 39.8 Å². The highest BCUT2D eigenvalue weighted by atomic mass is 17.3. The van der Waals surface area contributed by atoms with Crippen molar-refractivity contribution in [3.8, 4) is 5.75 Å². The van der Waals surface area contributed by atoms with Crippen molar-refractivity contribution in [2.45, 2.75) is 116 Å². The molecule has 1 spiro atoms. The van der Waals surface area contributed by atoms with Gasteiger partial charge >= 0.3 is 5.97 Å². The first-order valence-electron chi connectivity index (χ1n) is 16.1. The van der Waals surface area contributed by atoms with Crippen LogP contribution in [-0.4, -0.2) is 59.4 Å². The molecule has 9 atom stereocenters. The van der Waals surface area contributed by atoms with Crippen LogP contribution in [0.25, 0.3) is 0 Å². The van der Waals surface area contributed by atoms with Crippen LogP contribution in [0.2, 0.25) is 0 Å². The fourth-order valence-electron chi connectivity index (χ4n) is 7.50. The molecule has 5 fully saturated rings. The standard InChI is InChI=1S/C33H48N2O9/c1-19(2)18-26(29(39)34-17-15-22-7-9-23(36)10-8-22)35-27(37)12-13-28(38)40-30-21(4)25-11-6-20(3)24-14-16-32(5)42-31(41-30)33(24,25)44-43-32/h7-10,19-21,24-26,30-31,36H,6,11-18H2,1-5H3,(H,34,39)(H,35,37)/t20-,21-,24+,25-,26+,30-,31+,32+,33-/m1/s1. The van der Waals surface area contributed by atoms with Crippen LogP contribution in [0.3, 0.4) is 0 Å². The molecule has 0 unspecified atom stereocenters. The minimum atomic E-state index is -0.922. The maximum absolute atomic E-state index is 13.0. The van der Waals surface area contributed by atoms with E-state index in [1.54, 1.807) is 24.3 Å². The van der Waals surface area contributed by atoms with E-state index in [-0.39, 0.29) is 48.2 Å². The molecule has 11 nitrogen and oxygen atoms in total. The van der Waals surface area contributed by atoms with E-state index in [1.807, 2.05) is 27.7 Å². The van der Waals surface area contributed by atoms with Gasteiger partial charge in [0, 0.05) is 31.2 Å². The Morgan fingerprint density at radius 1 is 1.05 bits per heavy atom. The summed E-state index contributed by atoms with van der Waals surface area (Å²) in [5, 5.41) is 15.1. The summed E-state index contributed by atoms with van der Waals surface area (Å²) in [6.45, 7) is 10.4. The number of esters is 1. The Hall–Kier alpha value is -2.73. The average Bonchev–Trinajstić information content (AvgIpc) is 3.20. The average molecular weight is 617 g/mol. The molecule has 11 heteroatoms. The van der Waals surface area contributed by atoms with Gasteiger partial charge in [0.25, 0.3) is 0 Å². The number of carbonyl (C=O) groups excluding carboxylic acids is 3. The zero-order chi connectivity index (χ0) is 31.6. The molecule has 4 saturated heterocycles. The van der Waals surface area contributed by atoms with Crippen LogP contribution in [-0.2, 0) is 44.8 Å². The molecule has 44 heavy (non-hydrogen) atoms. The molecule has 0 radical (unpaired) electrons. The second-order valence-electron chi connectivity index (χ2n) is 13.7. The molecule has 5 aliphatic rings. The number of fused-ring (bicyclic) bond motifs is 2. The second kappa shape index (κ2) is 13.3. The van der Waals surface area contributed by atoms with Gasteiger partial charge in [0.05, 0.1) is 6.42 Å². The summed E-state index contributed by atoms with van der Waals surface area (Å²) in [5.41, 5.74) is 0.231. The van der Waals surface area contributed by atoms with Gasteiger partial charge in [-0.15, -0.1) is 0 Å². The van der Waals surface area contributed by atoms with Crippen molar-refractivity contribution in [1.82, 2.24) is 10.6 Å². The summed E-state index contributed by atoms with van der Waals surface area (Å²) in [6, 6.07) is 6.09. The second-order valence-corrected chi connectivity index (χ2v) is 13.7. The number of phenols is 1. The van der Waals surface area contributed by atoms with Crippen LogP contribution in [0.4, 0.5) is 0 Å². The predicted octanol–water partition coefficient (Wildman–Crippen LogP) is 4.11. The largest absolute Gasteiger partial charge is 0.508 e. The minimum Gasteiger partial charge on any atom is -0.508 e. The van der Waals surface area contributed by atoms with Crippen LogP contribution in [0.15, 0.2) is 24.3 Å². The SMILES string of the molecule is CC(C)C[C@H](NC(=O)CCC(=O)O[C@@H]1O[C@H]2O[C@]3(C)CC[C@H]4[C@H](C)CC[C@H]([C@H]1C)[C@@]24OO3)C(=O)NCCc1ccc(O)cc1. The number of carbonyl (C=O) groups is 3. The Kier molecular flexibility index (Phi) is 9.89. The van der Waals surface area contributed by atoms with Crippen LogP contribution in [0.1, 0.15) is 85.1 Å². The van der Waals surface area contributed by atoms with Crippen LogP contribution < -0.4 is 10.6 Å². The highest BCUT2D eigenvalue weighted by Gasteiger charge is 2.69. The summed E-state index contributed by atoms with van der Waals surface area (Å²) in [7, 11) is 0. The fraction of sp³-hybridized carbons (Fsp3) is 0.727. The molecule has 1 aliphatic carbocycles. The van der Waals surface area contributed by atoms with Crippen LogP contribution >= 0.6 is 0 Å². The molecule has 1 saturated carbocycles. The lowest BCUT2D eigenvalue weighted by Crippen LogP contribution is -2.70. The topological polar surface area (TPSA) is 142 Å². The van der Waals surface area contributed by atoms with Crippen LogP contribution in [0, 0.1) is 29.6 Å². The number of hydrogen-bond acceptors (Lipinski definition) is 9. The van der Waals surface area contributed by atoms with Crippen molar-refractivity contribution in [3.05, 3.63) is 29.8 Å². The van der Waals surface area contributed by atoms with Crippen molar-refractivity contribution >= 4 is 17.8 Å². The summed E-state index contributed by atoms with van der Waals surface area (Å²) < 4.78 is 18.4. The molecule has 1 aromatic carbocycles. The molecule has 4 heterocycles. The predicted molar refractivity (Wildman–Crippen MR) is 158 cm³/mol. The highest BCUT2D eigenvalue weighted by molar-refractivity contribution is 5.88. The van der Waals surface area contributed by atoms with Gasteiger partial charge in [-0.3, -0.25) is 14.4 Å². The maximum atomic E-state index is 13.0. The summed E-state index contributed by atoms with van der Waals surface area (Å²) >= 11 is 0. The third-order valence-corrected chi connectivity index (χ3v) is 9.91. The number of aromatic hydroxyl groups is 1. The van der Waals surface area contributed by atoms with E-state index in [9.17, 15) is 19.5 Å². The molecule has 1 aromatic rings. The first-order chi connectivity index (χ1) is 20.9. The Labute approximate surface area is 259 Å². The van der Waals surface area contributed by atoms with Crippen molar-refractivity contribution in [2.75, 3.05) is 6.54 Å². The Bertz CT molecular complexity index is 1190. The zero-order valence-corrected chi connectivity index (χ0v) is 26.5. The number of hydrogen-bond donors (Lipinski definition) is 3. The first kappa shape index (κ1) is 32.7. The van der Waals surface area contributed by atoms with E-state index < -0.39 is 41.9 Å². The smallest absolute Gasteiger partial charge is 0.308 e. The number of nitrogens with one attached hydrogen (secondary N) is 2. The zero-order valence-electron chi connectivity index (χ0n) is 26.5. The number of amides is 2. The normalized spacial score (nSPS) is 34.9. The van der Waals surface area contributed by atoms with Crippen molar-refractivity contribution < 1.29 is 43.5 Å². The lowest BCUT2D eigenvalue weighted by molar-refractivity contribution is -0.576. The van der Waals surface area contributed by atoms with Gasteiger partial charge in [0.1, 0.15) is 11.8 Å². The molecular weight excluding hydrogens is 568 g/mol. The molecule has 244 valence electrons. The Morgan fingerprint density at radius 3 is 2.52 bits per heavy atom. The molecule has 0 aromatic heterocycles. The van der Waals surface area contributed by atoms with E-state index in [4.69, 9.17) is 24.0 Å². The van der Waals surface area contributed by atoms with E-state index in [0.29, 0.717) is 31.7 Å². The number of ether oxygens (including phenoxy) is 3. The van der Waals surface area contributed by atoms with Gasteiger partial charge in [0.15, 0.2) is 11.9 Å². The van der Waals surface area contributed by atoms with Gasteiger partial charge < -0.3 is 30.0 Å². The third kappa shape index (κ3) is 6.90. The van der Waals surface area contributed by atoms with Gasteiger partial charge in [-0.25, -0.2) is 9.78 Å². The Balaban J connectivity index is 1.13. The number of rotatable bonds is 11. The molecule has 4 aliphatic heterocycles. The van der Waals surface area contributed by atoms with Crippen molar-refractivity contribution in [2.24, 2.45) is 29.6 Å². The lowest BCUT2D eigenvalue weighted by atomic mass is 9.58. The molecular formula is C33H48N2O9. The van der Waals surface area contributed by atoms with Gasteiger partial charge in [-0.2, -0.15) is 0 Å². The lowest BCUT2D eigenvalue weighted by Gasteiger charge is -2.59. The summed E-state index contributed by atoms with van der Waals surface area (Å²) in [5.74, 6) is -1.28. The monoisotopic (exact) mass is 616 g/mol. The van der Waals surface area contributed by atoms with E-state index in [0.717, 1.165) is 24.8 Å². The highest BCUT2D eigenvalue weighted by Crippen LogP contribution is 2.60. The molecule has 6 rings (SSSR count). The first-order valence-corrected chi connectivity index (χ1v) is 16.1.